The first-order valence-corrected chi connectivity index (χ1v) is 10.2. The number of nitrogens with zero attached hydrogens (tertiary/aromatic N) is 1. The Morgan fingerprint density at radius 1 is 1.19 bits per heavy atom. The molecular formula is C18H19ClN3O4S+. The van der Waals surface area contributed by atoms with E-state index in [1.165, 1.54) is 12.1 Å². The lowest BCUT2D eigenvalue weighted by Crippen LogP contribution is -2.90. The third-order valence-corrected chi connectivity index (χ3v) is 5.82. The molecule has 1 aliphatic rings. The van der Waals surface area contributed by atoms with Crippen LogP contribution in [-0.2, 0) is 26.2 Å². The maximum Gasteiger partial charge on any atom is 0.292 e. The number of carbonyl (C=O) groups is 2. The van der Waals surface area contributed by atoms with Crippen LogP contribution in [0.3, 0.4) is 0 Å². The van der Waals surface area contributed by atoms with Crippen molar-refractivity contribution < 1.29 is 23.3 Å². The number of primary sulfonamides is 1. The molecule has 1 aliphatic heterocycles. The molecule has 2 amide bonds. The van der Waals surface area contributed by atoms with Crippen molar-refractivity contribution in [3.63, 3.8) is 0 Å². The molecule has 27 heavy (non-hydrogen) atoms. The second-order valence-electron chi connectivity index (χ2n) is 6.44. The van der Waals surface area contributed by atoms with Crippen molar-refractivity contribution in [3.8, 4) is 0 Å². The van der Waals surface area contributed by atoms with E-state index < -0.39 is 16.1 Å². The van der Waals surface area contributed by atoms with Gasteiger partial charge in [-0.2, -0.15) is 0 Å². The number of carbonyl (C=O) groups excluding carboxylic acids is 2. The van der Waals surface area contributed by atoms with Crippen molar-refractivity contribution in [2.24, 2.45) is 5.14 Å². The molecule has 0 bridgehead atoms. The highest BCUT2D eigenvalue weighted by Gasteiger charge is 2.42. The van der Waals surface area contributed by atoms with Crippen LogP contribution >= 0.6 is 11.6 Å². The number of benzene rings is 2. The molecule has 4 N–H and O–H groups in total. The van der Waals surface area contributed by atoms with Gasteiger partial charge >= 0.3 is 0 Å². The topological polar surface area (TPSA) is 114 Å². The van der Waals surface area contributed by atoms with Crippen LogP contribution in [0.2, 0.25) is 5.02 Å². The van der Waals surface area contributed by atoms with Gasteiger partial charge in [0.2, 0.25) is 15.9 Å². The summed E-state index contributed by atoms with van der Waals surface area (Å²) < 4.78 is 22.6. The van der Waals surface area contributed by atoms with Gasteiger partial charge in [-0.15, -0.1) is 0 Å². The largest absolute Gasteiger partial charge is 0.332 e. The summed E-state index contributed by atoms with van der Waals surface area (Å²) in [5.41, 5.74) is 2.15. The molecule has 1 unspecified atom stereocenters. The maximum atomic E-state index is 12.7. The standard InChI is InChI=1S/C18H18ClN3O4S/c1-11-2-5-13(8-15(11)19)22-17(23)9-16(18(22)24)21-10-12-3-6-14(7-4-12)27(20,25)26/h2-8,16,21H,9-10H2,1H3,(H2,20,25,26)/p+1. The Bertz CT molecular complexity index is 1010. The predicted molar refractivity (Wildman–Crippen MR) is 101 cm³/mol. The van der Waals surface area contributed by atoms with E-state index >= 15 is 0 Å². The fraction of sp³-hybridized carbons (Fsp3) is 0.222. The van der Waals surface area contributed by atoms with Gasteiger partial charge in [-0.25, -0.2) is 18.5 Å². The van der Waals surface area contributed by atoms with Gasteiger partial charge in [0, 0.05) is 10.6 Å². The van der Waals surface area contributed by atoms with Crippen LogP contribution < -0.4 is 15.4 Å². The number of halogens is 1. The minimum absolute atomic E-state index is 0.0285. The highest BCUT2D eigenvalue weighted by molar-refractivity contribution is 7.89. The summed E-state index contributed by atoms with van der Waals surface area (Å²) in [7, 11) is -3.74. The maximum absolute atomic E-state index is 12.7. The zero-order chi connectivity index (χ0) is 19.8. The van der Waals surface area contributed by atoms with Crippen molar-refractivity contribution in [1.29, 1.82) is 0 Å². The zero-order valence-electron chi connectivity index (χ0n) is 14.6. The van der Waals surface area contributed by atoms with Gasteiger partial charge in [0.1, 0.15) is 6.54 Å². The van der Waals surface area contributed by atoms with E-state index in [0.29, 0.717) is 17.3 Å². The van der Waals surface area contributed by atoms with Gasteiger partial charge in [0.25, 0.3) is 5.91 Å². The predicted octanol–water partition coefficient (Wildman–Crippen LogP) is 0.691. The summed E-state index contributed by atoms with van der Waals surface area (Å²) in [6.07, 6.45) is 0.0968. The Kier molecular flexibility index (Phi) is 5.34. The van der Waals surface area contributed by atoms with Crippen LogP contribution in [0.5, 0.6) is 0 Å². The van der Waals surface area contributed by atoms with Gasteiger partial charge in [0.05, 0.1) is 17.0 Å². The summed E-state index contributed by atoms with van der Waals surface area (Å²) in [6.45, 7) is 2.27. The molecular weight excluding hydrogens is 390 g/mol. The first-order valence-electron chi connectivity index (χ1n) is 8.25. The lowest BCUT2D eigenvalue weighted by atomic mass is 10.2. The van der Waals surface area contributed by atoms with Crippen molar-refractivity contribution in [2.75, 3.05) is 4.90 Å². The molecule has 7 nitrogen and oxygen atoms in total. The summed E-state index contributed by atoms with van der Waals surface area (Å²) in [6, 6.07) is 10.6. The Morgan fingerprint density at radius 3 is 2.44 bits per heavy atom. The van der Waals surface area contributed by atoms with E-state index in [-0.39, 0.29) is 23.1 Å². The van der Waals surface area contributed by atoms with E-state index in [1.54, 1.807) is 35.6 Å². The average molecular weight is 409 g/mol. The van der Waals surface area contributed by atoms with Crippen LogP contribution in [-0.4, -0.2) is 26.3 Å². The molecule has 0 aromatic heterocycles. The molecule has 0 radical (unpaired) electrons. The molecule has 2 aromatic rings. The fourth-order valence-electron chi connectivity index (χ4n) is 2.93. The molecule has 1 heterocycles. The van der Waals surface area contributed by atoms with E-state index in [1.807, 2.05) is 6.92 Å². The Morgan fingerprint density at radius 2 is 1.85 bits per heavy atom. The molecule has 0 saturated carbocycles. The second-order valence-corrected chi connectivity index (χ2v) is 8.41. The number of anilines is 1. The van der Waals surface area contributed by atoms with Crippen LogP contribution in [0.25, 0.3) is 0 Å². The smallest absolute Gasteiger partial charge is 0.292 e. The number of imide groups is 1. The second kappa shape index (κ2) is 7.40. The van der Waals surface area contributed by atoms with Crippen LogP contribution in [0, 0.1) is 6.92 Å². The SMILES string of the molecule is Cc1ccc(N2C(=O)CC([NH2+]Cc3ccc(S(N)(=O)=O)cc3)C2=O)cc1Cl. The number of aryl methyl sites for hydroxylation is 1. The number of sulfonamides is 1. The number of hydrogen-bond acceptors (Lipinski definition) is 4. The van der Waals surface area contributed by atoms with Crippen molar-refractivity contribution in [1.82, 2.24) is 0 Å². The molecule has 2 aromatic carbocycles. The molecule has 1 fully saturated rings. The third kappa shape index (κ3) is 4.19. The number of quaternary nitrogens is 1. The Hall–Kier alpha value is -2.26. The number of amides is 2. The number of rotatable bonds is 5. The molecule has 9 heteroatoms. The van der Waals surface area contributed by atoms with E-state index in [9.17, 15) is 18.0 Å². The summed E-state index contributed by atoms with van der Waals surface area (Å²) in [4.78, 5) is 26.2. The first-order chi connectivity index (χ1) is 12.7. The minimum Gasteiger partial charge on any atom is -0.332 e. The molecule has 1 saturated heterocycles. The third-order valence-electron chi connectivity index (χ3n) is 4.49. The normalized spacial score (nSPS) is 17.6. The molecule has 3 rings (SSSR count). The molecule has 0 spiro atoms. The lowest BCUT2D eigenvalue weighted by Gasteiger charge is -2.15. The van der Waals surface area contributed by atoms with Gasteiger partial charge < -0.3 is 5.32 Å². The van der Waals surface area contributed by atoms with Crippen molar-refractivity contribution in [2.45, 2.75) is 30.8 Å². The molecule has 142 valence electrons. The van der Waals surface area contributed by atoms with Crippen LogP contribution in [0.15, 0.2) is 47.4 Å². The Labute approximate surface area is 162 Å². The van der Waals surface area contributed by atoms with E-state index in [2.05, 4.69) is 0 Å². The summed E-state index contributed by atoms with van der Waals surface area (Å²) in [5, 5.41) is 7.33. The molecule has 1 atom stereocenters. The van der Waals surface area contributed by atoms with E-state index in [4.69, 9.17) is 16.7 Å². The van der Waals surface area contributed by atoms with Crippen LogP contribution in [0.4, 0.5) is 5.69 Å². The monoisotopic (exact) mass is 408 g/mol. The fourth-order valence-corrected chi connectivity index (χ4v) is 3.62. The number of nitrogens with two attached hydrogens (primary N) is 2. The summed E-state index contributed by atoms with van der Waals surface area (Å²) >= 11 is 6.10. The van der Waals surface area contributed by atoms with Gasteiger partial charge in [-0.3, -0.25) is 9.59 Å². The highest BCUT2D eigenvalue weighted by Crippen LogP contribution is 2.26. The van der Waals surface area contributed by atoms with Gasteiger partial charge in [-0.05, 0) is 36.8 Å². The van der Waals surface area contributed by atoms with Gasteiger partial charge in [-0.1, -0.05) is 29.8 Å². The van der Waals surface area contributed by atoms with Gasteiger partial charge in [0.15, 0.2) is 6.04 Å². The van der Waals surface area contributed by atoms with E-state index in [0.717, 1.165) is 16.0 Å². The van der Waals surface area contributed by atoms with Crippen molar-refractivity contribution in [3.05, 3.63) is 58.6 Å². The zero-order valence-corrected chi connectivity index (χ0v) is 16.1. The number of hydrogen-bond donors (Lipinski definition) is 2. The quantitative estimate of drug-likeness (QED) is 0.708. The first kappa shape index (κ1) is 19.5. The lowest BCUT2D eigenvalue weighted by molar-refractivity contribution is -0.690. The average Bonchev–Trinajstić information content (AvgIpc) is 2.89. The van der Waals surface area contributed by atoms with Crippen molar-refractivity contribution >= 4 is 39.1 Å². The minimum atomic E-state index is -3.74. The highest BCUT2D eigenvalue weighted by atomic mass is 35.5. The molecule has 0 aliphatic carbocycles. The van der Waals surface area contributed by atoms with Crippen LogP contribution in [0.1, 0.15) is 17.5 Å². The Balaban J connectivity index is 1.69. The summed E-state index contributed by atoms with van der Waals surface area (Å²) in [5.74, 6) is -0.563.